The Kier molecular flexibility index (Phi) is 8.42. The molecule has 4 heterocycles. The van der Waals surface area contributed by atoms with Crippen LogP contribution in [0.3, 0.4) is 0 Å². The van der Waals surface area contributed by atoms with E-state index in [1.54, 1.807) is 11.0 Å². The molecule has 2 saturated heterocycles. The van der Waals surface area contributed by atoms with E-state index in [4.69, 9.17) is 20.6 Å². The van der Waals surface area contributed by atoms with E-state index in [-0.39, 0.29) is 59.0 Å². The van der Waals surface area contributed by atoms with Crippen molar-refractivity contribution in [3.63, 3.8) is 0 Å². The van der Waals surface area contributed by atoms with Crippen molar-refractivity contribution >= 4 is 33.6 Å². The van der Waals surface area contributed by atoms with Crippen LogP contribution in [-0.2, 0) is 4.74 Å². The largest absolute Gasteiger partial charge is 0.468 e. The molecular weight excluding hydrogens is 653 g/mol. The second-order valence-electron chi connectivity index (χ2n) is 13.1. The molecular formula is C34H32F5N5O5. The fraction of sp³-hybridized carbons (Fsp3) is 0.412. The number of hydrogen-bond donors (Lipinski definition) is 1. The first-order chi connectivity index (χ1) is 23.1. The summed E-state index contributed by atoms with van der Waals surface area (Å²) in [6.07, 6.45) is 2.18. The van der Waals surface area contributed by atoms with Crippen LogP contribution in [0.4, 0.5) is 32.6 Å². The molecule has 15 heteroatoms. The van der Waals surface area contributed by atoms with Gasteiger partial charge in [0.1, 0.15) is 28.6 Å². The molecule has 6 rings (SSSR count). The van der Waals surface area contributed by atoms with Crippen molar-refractivity contribution in [3.8, 4) is 35.4 Å². The molecule has 0 aliphatic carbocycles. The van der Waals surface area contributed by atoms with Gasteiger partial charge in [-0.1, -0.05) is 32.8 Å². The Labute approximate surface area is 277 Å². The summed E-state index contributed by atoms with van der Waals surface area (Å²) in [5, 5.41) is 10.8. The van der Waals surface area contributed by atoms with Crippen molar-refractivity contribution in [1.29, 1.82) is 0 Å². The molecule has 0 radical (unpaired) electrons. The predicted octanol–water partition coefficient (Wildman–Crippen LogP) is 6.78. The SMILES string of the molecule is C#Cc1c(F)ccc2cc(OCOC)cc(-c3ncc4c(N5C[C@@H]6CC[C@@](C(C)(C)C)(C5)N6C(=O)O)nc(OCC(F)(F)F)nc4c3F)c12. The maximum Gasteiger partial charge on any atom is 0.422 e. The van der Waals surface area contributed by atoms with Gasteiger partial charge in [-0.3, -0.25) is 9.88 Å². The molecule has 2 fully saturated rings. The van der Waals surface area contributed by atoms with Gasteiger partial charge in [0.25, 0.3) is 0 Å². The number of alkyl halides is 3. The number of terminal acetylenes is 1. The van der Waals surface area contributed by atoms with Crippen molar-refractivity contribution in [1.82, 2.24) is 19.9 Å². The van der Waals surface area contributed by atoms with Crippen molar-refractivity contribution in [2.24, 2.45) is 5.41 Å². The number of halogens is 5. The quantitative estimate of drug-likeness (QED) is 0.128. The van der Waals surface area contributed by atoms with Crippen LogP contribution in [0.5, 0.6) is 11.8 Å². The Morgan fingerprint density at radius 3 is 2.57 bits per heavy atom. The Morgan fingerprint density at radius 2 is 1.92 bits per heavy atom. The van der Waals surface area contributed by atoms with E-state index >= 15 is 4.39 Å². The highest BCUT2D eigenvalue weighted by Crippen LogP contribution is 2.51. The van der Waals surface area contributed by atoms with E-state index in [0.717, 1.165) is 6.07 Å². The summed E-state index contributed by atoms with van der Waals surface area (Å²) in [5.41, 5.74) is -2.34. The summed E-state index contributed by atoms with van der Waals surface area (Å²) in [5.74, 6) is 0.756. The normalized spacial score (nSPS) is 19.4. The van der Waals surface area contributed by atoms with Gasteiger partial charge in [-0.2, -0.15) is 23.1 Å². The Morgan fingerprint density at radius 1 is 1.16 bits per heavy atom. The van der Waals surface area contributed by atoms with E-state index in [9.17, 15) is 27.5 Å². The van der Waals surface area contributed by atoms with Crippen LogP contribution in [-0.4, -0.2) is 82.4 Å². The van der Waals surface area contributed by atoms with Gasteiger partial charge >= 0.3 is 18.3 Å². The number of rotatable bonds is 7. The van der Waals surface area contributed by atoms with Gasteiger partial charge in [0.15, 0.2) is 19.2 Å². The summed E-state index contributed by atoms with van der Waals surface area (Å²) < 4.78 is 87.1. The van der Waals surface area contributed by atoms with Crippen LogP contribution in [0, 0.1) is 29.4 Å². The maximum absolute atomic E-state index is 16.9. The first kappa shape index (κ1) is 33.9. The number of fused-ring (bicyclic) bond motifs is 4. The molecule has 0 spiro atoms. The number of benzene rings is 2. The molecule has 2 aliphatic heterocycles. The summed E-state index contributed by atoms with van der Waals surface area (Å²) >= 11 is 0. The standard InChI is InChI=1S/C34H32F5N5O5/c1-6-21-24(35)8-7-18-11-20(49-17-47-5)12-22(25(18)21)27-26(36)28-23(13-40-27)29(42-30(41-28)48-16-34(37,38)39)43-14-19-9-10-33(15-43,32(2,3)4)44(19)31(45)46/h1,7-8,11-13,19H,9-10,14-17H2,2-5H3,(H,45,46)/t19-,33-/m0/s1. The van der Waals surface area contributed by atoms with E-state index in [0.29, 0.717) is 18.2 Å². The number of anilines is 1. The summed E-state index contributed by atoms with van der Waals surface area (Å²) in [6.45, 7) is 4.09. The molecule has 49 heavy (non-hydrogen) atoms. The topological polar surface area (TPSA) is 110 Å². The number of pyridine rings is 1. The number of piperazine rings is 1. The Hall–Kier alpha value is -4.97. The molecule has 0 saturated carbocycles. The highest BCUT2D eigenvalue weighted by Gasteiger charge is 2.59. The number of methoxy groups -OCH3 is 1. The number of carboxylic acid groups (broad SMARTS) is 1. The van der Waals surface area contributed by atoms with E-state index in [1.165, 1.54) is 30.3 Å². The lowest BCUT2D eigenvalue weighted by Gasteiger charge is -2.54. The minimum atomic E-state index is -4.75. The molecule has 4 aromatic rings. The number of ether oxygens (including phenoxy) is 3. The highest BCUT2D eigenvalue weighted by atomic mass is 19.4. The first-order valence-corrected chi connectivity index (χ1v) is 15.3. The molecule has 0 unspecified atom stereocenters. The van der Waals surface area contributed by atoms with Crippen LogP contribution in [0.1, 0.15) is 39.2 Å². The zero-order chi connectivity index (χ0) is 35.5. The van der Waals surface area contributed by atoms with E-state index in [1.807, 2.05) is 20.8 Å². The molecule has 2 bridgehead atoms. The zero-order valence-corrected chi connectivity index (χ0v) is 27.0. The van der Waals surface area contributed by atoms with Crippen LogP contribution in [0.15, 0.2) is 30.5 Å². The molecule has 10 nitrogen and oxygen atoms in total. The third-order valence-corrected chi connectivity index (χ3v) is 9.29. The fourth-order valence-electron chi connectivity index (χ4n) is 7.05. The summed E-state index contributed by atoms with van der Waals surface area (Å²) in [7, 11) is 1.41. The summed E-state index contributed by atoms with van der Waals surface area (Å²) in [6, 6.07) is 4.36. The fourth-order valence-corrected chi connectivity index (χ4v) is 7.05. The molecule has 2 aromatic heterocycles. The third kappa shape index (κ3) is 5.88. The minimum absolute atomic E-state index is 0.0306. The summed E-state index contributed by atoms with van der Waals surface area (Å²) in [4.78, 5) is 28.4. The van der Waals surface area contributed by atoms with E-state index in [2.05, 4.69) is 20.9 Å². The first-order valence-electron chi connectivity index (χ1n) is 15.3. The van der Waals surface area contributed by atoms with Crippen molar-refractivity contribution in [2.75, 3.05) is 38.5 Å². The van der Waals surface area contributed by atoms with Crippen molar-refractivity contribution in [2.45, 2.75) is 51.4 Å². The average molecular weight is 686 g/mol. The van der Waals surface area contributed by atoms with Gasteiger partial charge in [0.05, 0.1) is 22.5 Å². The lowest BCUT2D eigenvalue weighted by Crippen LogP contribution is -2.68. The number of hydrogen-bond acceptors (Lipinski definition) is 8. The van der Waals surface area contributed by atoms with Crippen molar-refractivity contribution < 1.29 is 46.1 Å². The van der Waals surface area contributed by atoms with Crippen molar-refractivity contribution in [3.05, 3.63) is 47.7 Å². The minimum Gasteiger partial charge on any atom is -0.468 e. The van der Waals surface area contributed by atoms with Gasteiger partial charge in [0, 0.05) is 37.3 Å². The zero-order valence-electron chi connectivity index (χ0n) is 27.0. The lowest BCUT2D eigenvalue weighted by molar-refractivity contribution is -0.154. The smallest absolute Gasteiger partial charge is 0.422 e. The molecule has 2 aliphatic rings. The Bertz CT molecular complexity index is 2010. The van der Waals surface area contributed by atoms with Gasteiger partial charge in [-0.15, -0.1) is 6.42 Å². The average Bonchev–Trinajstić information content (AvgIpc) is 3.30. The predicted molar refractivity (Wildman–Crippen MR) is 169 cm³/mol. The van der Waals surface area contributed by atoms with Gasteiger partial charge in [0.2, 0.25) is 0 Å². The molecule has 2 aromatic carbocycles. The lowest BCUT2D eigenvalue weighted by atomic mass is 9.71. The number of nitrogens with zero attached hydrogens (tertiary/aromatic N) is 5. The third-order valence-electron chi connectivity index (χ3n) is 9.29. The van der Waals surface area contributed by atoms with Crippen LogP contribution >= 0.6 is 0 Å². The van der Waals surface area contributed by atoms with Crippen LogP contribution in [0.25, 0.3) is 32.9 Å². The Balaban J connectivity index is 1.58. The second-order valence-corrected chi connectivity index (χ2v) is 13.1. The molecule has 2 atom stereocenters. The molecule has 258 valence electrons. The molecule has 1 N–H and O–H groups in total. The number of amides is 1. The molecule has 1 amide bonds. The monoisotopic (exact) mass is 685 g/mol. The van der Waals surface area contributed by atoms with Gasteiger partial charge < -0.3 is 24.2 Å². The highest BCUT2D eigenvalue weighted by molar-refractivity contribution is 6.03. The second kappa shape index (κ2) is 12.2. The van der Waals surface area contributed by atoms with Gasteiger partial charge in [-0.05, 0) is 41.8 Å². The maximum atomic E-state index is 16.9. The van der Waals surface area contributed by atoms with Crippen LogP contribution < -0.4 is 14.4 Å². The number of carbonyl (C=O) groups is 1. The van der Waals surface area contributed by atoms with Crippen LogP contribution in [0.2, 0.25) is 0 Å². The number of aromatic nitrogens is 3. The van der Waals surface area contributed by atoms with E-state index < -0.39 is 59.0 Å². The van der Waals surface area contributed by atoms with Gasteiger partial charge in [-0.25, -0.2) is 13.6 Å².